The summed E-state index contributed by atoms with van der Waals surface area (Å²) in [5.41, 5.74) is 1.68. The van der Waals surface area contributed by atoms with Gasteiger partial charge in [0.15, 0.2) is 0 Å². The number of carbonyl (C=O) groups is 1. The van der Waals surface area contributed by atoms with E-state index in [-0.39, 0.29) is 17.2 Å². The van der Waals surface area contributed by atoms with E-state index >= 15 is 0 Å². The standard InChI is InChI=1S/C18H18N4O3/c1-13-4-6-14(7-5-13)22-17(23)11-16(21-22)18(24)20-9-10-25-15-3-2-8-19-12-15/h2-8,11-12,21H,9-10H2,1H3,(H,20,24). The second-order valence-corrected chi connectivity index (χ2v) is 5.47. The highest BCUT2D eigenvalue weighted by Crippen LogP contribution is 2.07. The molecule has 2 N–H and O–H groups in total. The molecule has 0 atom stereocenters. The van der Waals surface area contributed by atoms with Crippen molar-refractivity contribution in [2.75, 3.05) is 13.2 Å². The SMILES string of the molecule is Cc1ccc(-n2[nH]c(C(=O)NCCOc3cccnc3)cc2=O)cc1. The first-order valence-corrected chi connectivity index (χ1v) is 7.83. The summed E-state index contributed by atoms with van der Waals surface area (Å²) in [6.07, 6.45) is 3.25. The van der Waals surface area contributed by atoms with Crippen LogP contribution in [0.2, 0.25) is 0 Å². The number of hydrogen-bond acceptors (Lipinski definition) is 4. The average molecular weight is 338 g/mol. The molecule has 25 heavy (non-hydrogen) atoms. The number of nitrogens with zero attached hydrogens (tertiary/aromatic N) is 2. The molecule has 128 valence electrons. The first-order valence-electron chi connectivity index (χ1n) is 7.83. The van der Waals surface area contributed by atoms with Gasteiger partial charge in [0.05, 0.1) is 18.4 Å². The first kappa shape index (κ1) is 16.5. The van der Waals surface area contributed by atoms with Gasteiger partial charge in [-0.1, -0.05) is 17.7 Å². The fourth-order valence-electron chi connectivity index (χ4n) is 2.26. The summed E-state index contributed by atoms with van der Waals surface area (Å²) in [5.74, 6) is 0.272. The predicted molar refractivity (Wildman–Crippen MR) is 93.2 cm³/mol. The molecule has 2 heterocycles. The molecular formula is C18H18N4O3. The summed E-state index contributed by atoms with van der Waals surface area (Å²) in [7, 11) is 0. The van der Waals surface area contributed by atoms with Gasteiger partial charge in [-0.25, -0.2) is 4.68 Å². The Morgan fingerprint density at radius 2 is 2.08 bits per heavy atom. The maximum absolute atomic E-state index is 12.1. The quantitative estimate of drug-likeness (QED) is 0.669. The van der Waals surface area contributed by atoms with Crippen LogP contribution >= 0.6 is 0 Å². The molecule has 3 aromatic rings. The topological polar surface area (TPSA) is 89.0 Å². The van der Waals surface area contributed by atoms with E-state index in [2.05, 4.69) is 15.4 Å². The van der Waals surface area contributed by atoms with Crippen LogP contribution in [-0.4, -0.2) is 33.8 Å². The molecule has 0 unspecified atom stereocenters. The minimum Gasteiger partial charge on any atom is -0.490 e. The lowest BCUT2D eigenvalue weighted by atomic mass is 10.2. The molecule has 2 aromatic heterocycles. The van der Waals surface area contributed by atoms with Crippen molar-refractivity contribution in [3.05, 3.63) is 76.5 Å². The second kappa shape index (κ2) is 7.48. The molecular weight excluding hydrogens is 320 g/mol. The largest absolute Gasteiger partial charge is 0.490 e. The van der Waals surface area contributed by atoms with Gasteiger partial charge in [-0.2, -0.15) is 0 Å². The van der Waals surface area contributed by atoms with E-state index in [9.17, 15) is 9.59 Å². The fourth-order valence-corrected chi connectivity index (χ4v) is 2.26. The molecule has 0 aliphatic heterocycles. The van der Waals surface area contributed by atoms with Gasteiger partial charge in [0, 0.05) is 12.3 Å². The molecule has 7 nitrogen and oxygen atoms in total. The van der Waals surface area contributed by atoms with E-state index in [4.69, 9.17) is 4.74 Å². The lowest BCUT2D eigenvalue weighted by molar-refractivity contribution is 0.0941. The van der Waals surface area contributed by atoms with Gasteiger partial charge < -0.3 is 10.1 Å². The second-order valence-electron chi connectivity index (χ2n) is 5.47. The Bertz CT molecular complexity index is 898. The van der Waals surface area contributed by atoms with Crippen LogP contribution in [0.25, 0.3) is 5.69 Å². The molecule has 0 bridgehead atoms. The Morgan fingerprint density at radius 3 is 2.80 bits per heavy atom. The molecule has 0 spiro atoms. The summed E-state index contributed by atoms with van der Waals surface area (Å²) in [6, 6.07) is 12.3. The number of aromatic nitrogens is 3. The van der Waals surface area contributed by atoms with Gasteiger partial charge in [-0.3, -0.25) is 19.7 Å². The number of aryl methyl sites for hydroxylation is 1. The highest BCUT2D eigenvalue weighted by Gasteiger charge is 2.11. The van der Waals surface area contributed by atoms with Crippen LogP contribution in [-0.2, 0) is 0 Å². The van der Waals surface area contributed by atoms with E-state index in [0.717, 1.165) is 5.56 Å². The van der Waals surface area contributed by atoms with E-state index in [1.54, 1.807) is 24.5 Å². The number of amides is 1. The molecule has 0 saturated heterocycles. The van der Waals surface area contributed by atoms with E-state index in [1.165, 1.54) is 10.7 Å². The minimum atomic E-state index is -0.363. The summed E-state index contributed by atoms with van der Waals surface area (Å²) in [5, 5.41) is 5.52. The third-order valence-electron chi connectivity index (χ3n) is 3.55. The maximum atomic E-state index is 12.1. The van der Waals surface area contributed by atoms with Crippen molar-refractivity contribution in [3.63, 3.8) is 0 Å². The molecule has 0 radical (unpaired) electrons. The lowest BCUT2D eigenvalue weighted by Crippen LogP contribution is -2.28. The molecule has 0 aliphatic rings. The monoisotopic (exact) mass is 338 g/mol. The molecule has 1 aromatic carbocycles. The van der Waals surface area contributed by atoms with Crippen molar-refractivity contribution in [1.29, 1.82) is 0 Å². The smallest absolute Gasteiger partial charge is 0.271 e. The predicted octanol–water partition coefficient (Wildman–Crippen LogP) is 1.68. The van der Waals surface area contributed by atoms with Crippen molar-refractivity contribution in [1.82, 2.24) is 20.1 Å². The van der Waals surface area contributed by atoms with Gasteiger partial charge >= 0.3 is 0 Å². The van der Waals surface area contributed by atoms with Crippen LogP contribution in [0.4, 0.5) is 0 Å². The number of pyridine rings is 1. The van der Waals surface area contributed by atoms with Crippen molar-refractivity contribution in [3.8, 4) is 11.4 Å². The van der Waals surface area contributed by atoms with Crippen LogP contribution in [0.5, 0.6) is 5.75 Å². The van der Waals surface area contributed by atoms with Gasteiger partial charge in [-0.15, -0.1) is 0 Å². The number of H-pyrrole nitrogens is 1. The van der Waals surface area contributed by atoms with Gasteiger partial charge in [0.25, 0.3) is 11.5 Å². The summed E-state index contributed by atoms with van der Waals surface area (Å²) in [4.78, 5) is 28.1. The third kappa shape index (κ3) is 4.14. The number of hydrogen-bond donors (Lipinski definition) is 2. The Labute approximate surface area is 144 Å². The lowest BCUT2D eigenvalue weighted by Gasteiger charge is -2.06. The summed E-state index contributed by atoms with van der Waals surface area (Å²) >= 11 is 0. The molecule has 7 heteroatoms. The Kier molecular flexibility index (Phi) is 4.94. The first-order chi connectivity index (χ1) is 12.1. The van der Waals surface area contributed by atoms with E-state index < -0.39 is 0 Å². The van der Waals surface area contributed by atoms with Crippen LogP contribution in [0.3, 0.4) is 0 Å². The average Bonchev–Trinajstić information content (AvgIpc) is 3.02. The Balaban J connectivity index is 1.58. The van der Waals surface area contributed by atoms with E-state index in [1.807, 2.05) is 31.2 Å². The van der Waals surface area contributed by atoms with Crippen molar-refractivity contribution >= 4 is 5.91 Å². The van der Waals surface area contributed by atoms with Gasteiger partial charge in [-0.05, 0) is 31.2 Å². The van der Waals surface area contributed by atoms with Crippen LogP contribution < -0.4 is 15.6 Å². The zero-order chi connectivity index (χ0) is 17.6. The zero-order valence-corrected chi connectivity index (χ0v) is 13.7. The number of ether oxygens (including phenoxy) is 1. The van der Waals surface area contributed by atoms with Crippen LogP contribution in [0, 0.1) is 6.92 Å². The number of carbonyl (C=O) groups excluding carboxylic acids is 1. The highest BCUT2D eigenvalue weighted by atomic mass is 16.5. The number of benzene rings is 1. The van der Waals surface area contributed by atoms with Gasteiger partial charge in [0.1, 0.15) is 18.1 Å². The van der Waals surface area contributed by atoms with Crippen molar-refractivity contribution < 1.29 is 9.53 Å². The van der Waals surface area contributed by atoms with Crippen LogP contribution in [0.1, 0.15) is 16.1 Å². The Hall–Kier alpha value is -3.35. The highest BCUT2D eigenvalue weighted by molar-refractivity contribution is 5.92. The third-order valence-corrected chi connectivity index (χ3v) is 3.55. The summed E-state index contributed by atoms with van der Waals surface area (Å²) in [6.45, 7) is 2.58. The summed E-state index contributed by atoms with van der Waals surface area (Å²) < 4.78 is 6.78. The van der Waals surface area contributed by atoms with Gasteiger partial charge in [0.2, 0.25) is 0 Å². The van der Waals surface area contributed by atoms with E-state index in [0.29, 0.717) is 24.6 Å². The molecule has 3 rings (SSSR count). The molecule has 0 aliphatic carbocycles. The fraction of sp³-hybridized carbons (Fsp3) is 0.167. The van der Waals surface area contributed by atoms with Crippen LogP contribution in [0.15, 0.2) is 59.7 Å². The normalized spacial score (nSPS) is 10.4. The molecule has 1 amide bonds. The van der Waals surface area contributed by atoms with Crippen molar-refractivity contribution in [2.24, 2.45) is 0 Å². The Morgan fingerprint density at radius 1 is 1.28 bits per heavy atom. The number of aromatic amines is 1. The number of rotatable bonds is 6. The minimum absolute atomic E-state index is 0.201. The van der Waals surface area contributed by atoms with Crippen molar-refractivity contribution in [2.45, 2.75) is 6.92 Å². The molecule has 0 fully saturated rings. The number of nitrogens with one attached hydrogen (secondary N) is 2. The zero-order valence-electron chi connectivity index (χ0n) is 13.7. The molecule has 0 saturated carbocycles. The maximum Gasteiger partial charge on any atom is 0.271 e.